The van der Waals surface area contributed by atoms with Crippen molar-refractivity contribution in [2.24, 2.45) is 0 Å². The van der Waals surface area contributed by atoms with E-state index in [1.165, 1.54) is 181 Å². The fraction of sp³-hybridized carbons (Fsp3) is 0.0451. The smallest absolute Gasteiger partial charge is 0.227 e. The third-order valence-corrected chi connectivity index (χ3v) is 29.6. The van der Waals surface area contributed by atoms with E-state index in [1.54, 1.807) is 0 Å². The van der Waals surface area contributed by atoms with E-state index in [1.807, 2.05) is 91.0 Å². The molecule has 24 aromatic carbocycles. The van der Waals surface area contributed by atoms with Gasteiger partial charge in [0.2, 0.25) is 17.7 Å². The molecule has 0 radical (unpaired) electrons. The molecule has 2 aliphatic carbocycles. The summed E-state index contributed by atoms with van der Waals surface area (Å²) < 4.78 is 19.4. The Morgan fingerprint density at radius 3 is 0.871 bits per heavy atom. The Morgan fingerprint density at radius 2 is 0.439 bits per heavy atom. The van der Waals surface area contributed by atoms with Crippen molar-refractivity contribution in [2.45, 2.75) is 38.5 Å². The molecule has 652 valence electrons. The molecule has 0 bridgehead atoms. The zero-order valence-electron chi connectivity index (χ0n) is 76.9. The van der Waals surface area contributed by atoms with E-state index in [9.17, 15) is 0 Å². The molecule has 0 atom stereocenters. The molecular weight excluding hydrogens is 1690 g/mol. The van der Waals surface area contributed by atoms with Crippen molar-refractivity contribution in [3.8, 4) is 123 Å². The number of oxazole rings is 3. The van der Waals surface area contributed by atoms with Crippen LogP contribution in [-0.4, -0.2) is 15.0 Å². The molecule has 0 saturated heterocycles. The summed E-state index contributed by atoms with van der Waals surface area (Å²) in [6.45, 7) is 9.40. The van der Waals surface area contributed by atoms with E-state index in [4.69, 9.17) is 28.2 Å². The van der Waals surface area contributed by atoms with Crippen molar-refractivity contribution in [2.75, 3.05) is 0 Å². The number of fused-ring (bicyclic) bond motifs is 29. The molecule has 3 heterocycles. The Balaban J connectivity index is 0.000000105. The number of aromatic nitrogens is 3. The van der Waals surface area contributed by atoms with Gasteiger partial charge in [-0.05, 0) is 312 Å². The summed E-state index contributed by atoms with van der Waals surface area (Å²) in [6.07, 6.45) is 0. The van der Waals surface area contributed by atoms with Gasteiger partial charge in [0.1, 0.15) is 16.6 Å². The van der Waals surface area contributed by atoms with Crippen molar-refractivity contribution < 1.29 is 13.3 Å². The first-order valence-corrected chi connectivity index (χ1v) is 47.9. The van der Waals surface area contributed by atoms with Gasteiger partial charge in [0.15, 0.2) is 16.7 Å². The van der Waals surface area contributed by atoms with Crippen LogP contribution in [-0.2, 0) is 10.8 Å². The Labute approximate surface area is 802 Å². The normalized spacial score (nSPS) is 12.9. The number of nitrogens with zero attached hydrogens (tertiary/aromatic N) is 3. The van der Waals surface area contributed by atoms with Gasteiger partial charge in [-0.15, -0.1) is 0 Å². The number of hydrogen-bond donors (Lipinski definition) is 0. The minimum absolute atomic E-state index is 0.0225. The summed E-state index contributed by atoms with van der Waals surface area (Å²) in [7, 11) is 0. The molecule has 29 rings (SSSR count). The summed E-state index contributed by atoms with van der Waals surface area (Å²) in [6, 6.07) is 164. The minimum Gasteiger partial charge on any atom is -0.435 e. The van der Waals surface area contributed by atoms with Gasteiger partial charge >= 0.3 is 0 Å². The lowest BCUT2D eigenvalue weighted by molar-refractivity contribution is 0.623. The standard InChI is InChI=1S/C46H31NO.C45H27NO.C42H29NO/c1-46(2)39-23-20-28-9-6-7-14-36(28)43(39)37-22-19-35(27-40(37)46)33-13-8-12-32(25-33)34-18-16-29-15-17-30-21-24-41-44(42(30)38(29)26-34)48-45(47-41)31-10-4-3-5-11-31;1-2-9-30(10-3-1)45-46-42-24-22-29-19-17-28-18-20-33(26-40(28)43(29)44(42)47-45)31-11-8-12-32(25-31)34-21-23-39-37-15-5-4-13-35(37)36-14-6-7-16-38(36)41(39)27-34;1-42(2)36-14-7-6-13-33(36)34-21-19-32(25-37(34)42)30-12-8-11-29(23-30)31-18-16-26-15-17-27-20-22-38-40(39(27)35(26)24-31)44-41(43-38)28-9-4-3-5-10-28/h3-27H,1-2H3;1-27H;3-25H,1-2H3. The molecule has 6 heteroatoms. The molecule has 139 heavy (non-hydrogen) atoms. The predicted octanol–water partition coefficient (Wildman–Crippen LogP) is 36.6. The average Bonchev–Trinajstić information content (AvgIpc) is 1.57. The maximum absolute atomic E-state index is 6.49. The highest BCUT2D eigenvalue weighted by atomic mass is 16.4. The number of hydrogen-bond acceptors (Lipinski definition) is 6. The lowest BCUT2D eigenvalue weighted by Crippen LogP contribution is -2.15. The fourth-order valence-electron chi connectivity index (χ4n) is 22.5. The van der Waals surface area contributed by atoms with Crippen LogP contribution in [0.1, 0.15) is 49.9 Å². The third-order valence-electron chi connectivity index (χ3n) is 29.6. The van der Waals surface area contributed by atoms with Crippen molar-refractivity contribution in [3.05, 3.63) is 477 Å². The second-order valence-electron chi connectivity index (χ2n) is 38.3. The van der Waals surface area contributed by atoms with Gasteiger partial charge < -0.3 is 13.3 Å². The highest BCUT2D eigenvalue weighted by Crippen LogP contribution is 2.55. The van der Waals surface area contributed by atoms with Gasteiger partial charge in [0.25, 0.3) is 0 Å². The average molecular weight is 1780 g/mol. The van der Waals surface area contributed by atoms with Gasteiger partial charge in [0, 0.05) is 43.7 Å². The van der Waals surface area contributed by atoms with Gasteiger partial charge in [0.05, 0.1) is 0 Å². The maximum atomic E-state index is 6.49. The minimum atomic E-state index is -0.0753. The predicted molar refractivity (Wildman–Crippen MR) is 581 cm³/mol. The molecule has 0 unspecified atom stereocenters. The van der Waals surface area contributed by atoms with Crippen LogP contribution < -0.4 is 0 Å². The third kappa shape index (κ3) is 13.5. The SMILES string of the molecule is CC1(C)c2cc(-c3cccc(-c4ccc5ccc6ccc7nc(-c8ccccc8)oc7c6c5c4)c3)ccc2-c2c1ccc1ccccc21.CC1(C)c2ccccc2-c2ccc(-c3cccc(-c4ccc5ccc6ccc7nc(-c8ccccc8)oc7c6c5c4)c3)cc21.c1ccc(-c2nc3ccc4ccc5ccc(-c6cccc(-c7ccc8c9ccccc9c9ccccc9c8c7)c6)cc5c4c3o2)cc1. The fourth-order valence-corrected chi connectivity index (χ4v) is 22.5. The van der Waals surface area contributed by atoms with Gasteiger partial charge in [-0.25, -0.2) is 15.0 Å². The van der Waals surface area contributed by atoms with E-state index in [0.29, 0.717) is 17.7 Å². The van der Waals surface area contributed by atoms with Crippen molar-refractivity contribution in [1.29, 1.82) is 0 Å². The first kappa shape index (κ1) is 80.9. The largest absolute Gasteiger partial charge is 0.435 e. The monoisotopic (exact) mass is 1770 g/mol. The van der Waals surface area contributed by atoms with Crippen LogP contribution in [0.15, 0.2) is 468 Å². The van der Waals surface area contributed by atoms with E-state index in [-0.39, 0.29) is 10.8 Å². The topological polar surface area (TPSA) is 78.1 Å². The van der Waals surface area contributed by atoms with Gasteiger partial charge in [-0.1, -0.05) is 373 Å². The Hall–Kier alpha value is -17.7. The molecular formula is C133H87N3O3. The van der Waals surface area contributed by atoms with Gasteiger partial charge in [-0.2, -0.15) is 0 Å². The molecule has 3 aromatic heterocycles. The van der Waals surface area contributed by atoms with Crippen LogP contribution in [0, 0.1) is 0 Å². The first-order chi connectivity index (χ1) is 68.3. The van der Waals surface area contributed by atoms with Gasteiger partial charge in [-0.3, -0.25) is 0 Å². The van der Waals surface area contributed by atoms with Crippen molar-refractivity contribution in [3.63, 3.8) is 0 Å². The van der Waals surface area contributed by atoms with E-state index >= 15 is 0 Å². The Bertz CT molecular complexity index is 9750. The molecule has 0 fully saturated rings. The number of rotatable bonds is 9. The first-order valence-electron chi connectivity index (χ1n) is 47.9. The lowest BCUT2D eigenvalue weighted by atomic mass is 9.81. The summed E-state index contributed by atoms with van der Waals surface area (Å²) in [5.74, 6) is 1.94. The van der Waals surface area contributed by atoms with Crippen molar-refractivity contribution >= 4 is 141 Å². The van der Waals surface area contributed by atoms with E-state index in [2.05, 4.69) is 392 Å². The van der Waals surface area contributed by atoms with E-state index in [0.717, 1.165) is 87.7 Å². The van der Waals surface area contributed by atoms with Crippen LogP contribution in [0.2, 0.25) is 0 Å². The molecule has 0 spiro atoms. The summed E-state index contributed by atoms with van der Waals surface area (Å²) in [5, 5.41) is 24.1. The molecule has 0 saturated carbocycles. The van der Waals surface area contributed by atoms with Crippen molar-refractivity contribution in [1.82, 2.24) is 15.0 Å². The van der Waals surface area contributed by atoms with Crippen LogP contribution in [0.3, 0.4) is 0 Å². The quantitative estimate of drug-likeness (QED) is 0.134. The molecule has 6 nitrogen and oxygen atoms in total. The zero-order valence-corrected chi connectivity index (χ0v) is 76.9. The van der Waals surface area contributed by atoms with E-state index < -0.39 is 0 Å². The second-order valence-corrected chi connectivity index (χ2v) is 38.3. The number of benzene rings is 24. The van der Waals surface area contributed by atoms with Crippen LogP contribution in [0.4, 0.5) is 0 Å². The molecule has 27 aromatic rings. The highest BCUT2D eigenvalue weighted by molar-refractivity contribution is 6.27. The zero-order chi connectivity index (χ0) is 92.3. The molecule has 0 N–H and O–H groups in total. The Kier molecular flexibility index (Phi) is 18.6. The lowest BCUT2D eigenvalue weighted by Gasteiger charge is -2.22. The summed E-state index contributed by atoms with van der Waals surface area (Å²) in [4.78, 5) is 14.6. The molecule has 0 amide bonds. The molecule has 0 aliphatic heterocycles. The highest BCUT2D eigenvalue weighted by Gasteiger charge is 2.38. The maximum Gasteiger partial charge on any atom is 0.227 e. The second kappa shape index (κ2) is 32.0. The summed E-state index contributed by atoms with van der Waals surface area (Å²) in [5.41, 5.74) is 33.4. The van der Waals surface area contributed by atoms with Crippen LogP contribution in [0.25, 0.3) is 264 Å². The van der Waals surface area contributed by atoms with Crippen LogP contribution in [0.5, 0.6) is 0 Å². The molecule has 2 aliphatic rings. The van der Waals surface area contributed by atoms with Crippen LogP contribution >= 0.6 is 0 Å². The summed E-state index contributed by atoms with van der Waals surface area (Å²) >= 11 is 0. The Morgan fingerprint density at radius 1 is 0.165 bits per heavy atom.